The van der Waals surface area contributed by atoms with Gasteiger partial charge in [-0.15, -0.1) is 0 Å². The Bertz CT molecular complexity index is 739. The molecule has 0 radical (unpaired) electrons. The zero-order valence-electron chi connectivity index (χ0n) is 11.0. The summed E-state index contributed by atoms with van der Waals surface area (Å²) in [5.74, 6) is -0.388. The molecule has 1 aromatic heterocycles. The number of nitrogens with one attached hydrogen (secondary N) is 2. The molecule has 8 nitrogen and oxygen atoms in total. The quantitative estimate of drug-likeness (QED) is 0.550. The van der Waals surface area contributed by atoms with E-state index in [9.17, 15) is 14.7 Å². The maximum Gasteiger partial charge on any atom is 0.278 e. The SMILES string of the molecule is COc1cc(C=NNC(=O)c2cnc[nH]c2=O)ccc1O. The number of rotatable bonds is 4. The molecule has 0 atom stereocenters. The fraction of sp³-hybridized carbons (Fsp3) is 0.0769. The van der Waals surface area contributed by atoms with Gasteiger partial charge in [0, 0.05) is 6.20 Å². The molecule has 0 unspecified atom stereocenters. The number of amides is 1. The number of hydrazone groups is 1. The van der Waals surface area contributed by atoms with Gasteiger partial charge in [0.05, 0.1) is 19.7 Å². The molecule has 1 amide bonds. The van der Waals surface area contributed by atoms with Gasteiger partial charge in [-0.3, -0.25) is 9.59 Å². The van der Waals surface area contributed by atoms with Crippen molar-refractivity contribution in [2.24, 2.45) is 5.10 Å². The molecule has 0 spiro atoms. The van der Waals surface area contributed by atoms with Crippen LogP contribution in [0, 0.1) is 0 Å². The van der Waals surface area contributed by atoms with E-state index in [1.807, 2.05) is 0 Å². The minimum atomic E-state index is -0.675. The summed E-state index contributed by atoms with van der Waals surface area (Å²) in [4.78, 5) is 29.0. The van der Waals surface area contributed by atoms with E-state index in [1.165, 1.54) is 25.7 Å². The molecule has 1 aromatic carbocycles. The number of hydrogen-bond donors (Lipinski definition) is 3. The van der Waals surface area contributed by atoms with Gasteiger partial charge in [0.1, 0.15) is 5.56 Å². The van der Waals surface area contributed by atoms with Crippen LogP contribution in [0.25, 0.3) is 0 Å². The standard InChI is InChI=1S/C13H12N4O4/c1-21-11-4-8(2-3-10(11)18)5-16-17-13(20)9-6-14-7-15-12(9)19/h2-7,18H,1H3,(H,17,20)(H,14,15,19). The van der Waals surface area contributed by atoms with Crippen molar-refractivity contribution in [3.8, 4) is 11.5 Å². The predicted octanol–water partition coefficient (Wildman–Crippen LogP) is 0.248. The Morgan fingerprint density at radius 3 is 3.05 bits per heavy atom. The van der Waals surface area contributed by atoms with E-state index in [-0.39, 0.29) is 17.1 Å². The number of H-pyrrole nitrogens is 1. The average molecular weight is 288 g/mol. The second kappa shape index (κ2) is 6.33. The van der Waals surface area contributed by atoms with Gasteiger partial charge in [0.15, 0.2) is 11.5 Å². The predicted molar refractivity (Wildman–Crippen MR) is 74.6 cm³/mol. The first-order chi connectivity index (χ1) is 10.1. The number of carbonyl (C=O) groups excluding carboxylic acids is 1. The molecule has 0 aliphatic heterocycles. The second-order valence-electron chi connectivity index (χ2n) is 3.92. The maximum atomic E-state index is 11.7. The number of aromatic hydroxyl groups is 1. The molecule has 0 aliphatic rings. The average Bonchev–Trinajstić information content (AvgIpc) is 2.49. The number of phenols is 1. The van der Waals surface area contributed by atoms with Gasteiger partial charge in [0.2, 0.25) is 0 Å². The summed E-state index contributed by atoms with van der Waals surface area (Å²) in [5, 5.41) is 13.2. The minimum absolute atomic E-state index is 0.000536. The number of ether oxygens (including phenoxy) is 1. The van der Waals surface area contributed by atoms with Crippen LogP contribution in [0.5, 0.6) is 11.5 Å². The van der Waals surface area contributed by atoms with E-state index in [4.69, 9.17) is 4.74 Å². The van der Waals surface area contributed by atoms with E-state index in [0.717, 1.165) is 6.20 Å². The number of benzene rings is 1. The van der Waals surface area contributed by atoms with Crippen molar-refractivity contribution >= 4 is 12.1 Å². The summed E-state index contributed by atoms with van der Waals surface area (Å²) in [7, 11) is 1.42. The Morgan fingerprint density at radius 1 is 1.52 bits per heavy atom. The smallest absolute Gasteiger partial charge is 0.278 e. The molecular formula is C13H12N4O4. The number of hydrogen-bond acceptors (Lipinski definition) is 6. The molecule has 108 valence electrons. The Kier molecular flexibility index (Phi) is 4.30. The second-order valence-corrected chi connectivity index (χ2v) is 3.92. The highest BCUT2D eigenvalue weighted by Crippen LogP contribution is 2.25. The zero-order valence-corrected chi connectivity index (χ0v) is 11.0. The molecule has 2 aromatic rings. The van der Waals surface area contributed by atoms with Crippen molar-refractivity contribution < 1.29 is 14.6 Å². The molecular weight excluding hydrogens is 276 g/mol. The van der Waals surface area contributed by atoms with Crippen LogP contribution in [0.15, 0.2) is 40.6 Å². The molecule has 0 aliphatic carbocycles. The third-order valence-corrected chi connectivity index (χ3v) is 2.55. The molecule has 1 heterocycles. The van der Waals surface area contributed by atoms with Crippen LogP contribution in [0.4, 0.5) is 0 Å². The fourth-order valence-electron chi connectivity index (χ4n) is 1.51. The monoisotopic (exact) mass is 288 g/mol. The van der Waals surface area contributed by atoms with Gasteiger partial charge in [-0.1, -0.05) is 0 Å². The molecule has 2 rings (SSSR count). The van der Waals surface area contributed by atoms with Gasteiger partial charge in [-0.05, 0) is 23.8 Å². The summed E-state index contributed by atoms with van der Waals surface area (Å²) in [6.45, 7) is 0. The number of carbonyl (C=O) groups is 1. The van der Waals surface area contributed by atoms with Gasteiger partial charge < -0.3 is 14.8 Å². The van der Waals surface area contributed by atoms with E-state index in [0.29, 0.717) is 5.56 Å². The van der Waals surface area contributed by atoms with Gasteiger partial charge in [-0.25, -0.2) is 10.4 Å². The largest absolute Gasteiger partial charge is 0.504 e. The van der Waals surface area contributed by atoms with Crippen LogP contribution in [-0.4, -0.2) is 34.3 Å². The van der Waals surface area contributed by atoms with E-state index in [1.54, 1.807) is 12.1 Å². The zero-order chi connectivity index (χ0) is 15.2. The topological polar surface area (TPSA) is 117 Å². The Labute approximate surface area is 119 Å². The Balaban J connectivity index is 2.08. The fourth-order valence-corrected chi connectivity index (χ4v) is 1.51. The number of phenolic OH excluding ortho intramolecular Hbond substituents is 1. The number of methoxy groups -OCH3 is 1. The van der Waals surface area contributed by atoms with Crippen LogP contribution >= 0.6 is 0 Å². The molecule has 3 N–H and O–H groups in total. The van der Waals surface area contributed by atoms with Crippen LogP contribution in [0.3, 0.4) is 0 Å². The van der Waals surface area contributed by atoms with Crippen LogP contribution < -0.4 is 15.7 Å². The first-order valence-corrected chi connectivity index (χ1v) is 5.85. The lowest BCUT2D eigenvalue weighted by Crippen LogP contribution is -2.26. The van der Waals surface area contributed by atoms with Gasteiger partial charge >= 0.3 is 0 Å². The van der Waals surface area contributed by atoms with Crippen LogP contribution in [0.2, 0.25) is 0 Å². The van der Waals surface area contributed by atoms with Gasteiger partial charge in [-0.2, -0.15) is 5.10 Å². The lowest BCUT2D eigenvalue weighted by molar-refractivity contribution is 0.0953. The lowest BCUT2D eigenvalue weighted by atomic mass is 10.2. The first kappa shape index (κ1) is 14.3. The number of aromatic amines is 1. The minimum Gasteiger partial charge on any atom is -0.504 e. The normalized spacial score (nSPS) is 10.5. The van der Waals surface area contributed by atoms with Crippen molar-refractivity contribution in [3.63, 3.8) is 0 Å². The lowest BCUT2D eigenvalue weighted by Gasteiger charge is -2.03. The van der Waals surface area contributed by atoms with Crippen molar-refractivity contribution in [1.82, 2.24) is 15.4 Å². The third-order valence-electron chi connectivity index (χ3n) is 2.55. The van der Waals surface area contributed by atoms with Crippen molar-refractivity contribution in [1.29, 1.82) is 0 Å². The highest BCUT2D eigenvalue weighted by atomic mass is 16.5. The summed E-state index contributed by atoms with van der Waals surface area (Å²) in [6.07, 6.45) is 3.68. The third kappa shape index (κ3) is 3.44. The number of nitrogens with zero attached hydrogens (tertiary/aromatic N) is 2. The summed E-state index contributed by atoms with van der Waals surface area (Å²) in [6, 6.07) is 4.57. The summed E-state index contributed by atoms with van der Waals surface area (Å²) in [5.41, 5.74) is 2.12. The number of aromatic nitrogens is 2. The molecule has 8 heteroatoms. The molecule has 21 heavy (non-hydrogen) atoms. The van der Waals surface area contributed by atoms with Crippen LogP contribution in [-0.2, 0) is 0 Å². The van der Waals surface area contributed by atoms with E-state index in [2.05, 4.69) is 20.5 Å². The molecule has 0 saturated carbocycles. The molecule has 0 saturated heterocycles. The summed E-state index contributed by atoms with van der Waals surface area (Å²) >= 11 is 0. The van der Waals surface area contributed by atoms with Crippen LogP contribution in [0.1, 0.15) is 15.9 Å². The Hall–Kier alpha value is -3.16. The van der Waals surface area contributed by atoms with E-state index < -0.39 is 11.5 Å². The maximum absolute atomic E-state index is 11.7. The van der Waals surface area contributed by atoms with Crippen molar-refractivity contribution in [3.05, 3.63) is 52.2 Å². The van der Waals surface area contributed by atoms with Gasteiger partial charge in [0.25, 0.3) is 11.5 Å². The highest BCUT2D eigenvalue weighted by molar-refractivity contribution is 5.94. The summed E-state index contributed by atoms with van der Waals surface area (Å²) < 4.78 is 4.95. The van der Waals surface area contributed by atoms with Crippen molar-refractivity contribution in [2.75, 3.05) is 7.11 Å². The molecule has 0 bridgehead atoms. The molecule has 0 fully saturated rings. The first-order valence-electron chi connectivity index (χ1n) is 5.85. The van der Waals surface area contributed by atoms with E-state index >= 15 is 0 Å². The Morgan fingerprint density at radius 2 is 2.33 bits per heavy atom. The highest BCUT2D eigenvalue weighted by Gasteiger charge is 2.08. The van der Waals surface area contributed by atoms with Crippen molar-refractivity contribution in [2.45, 2.75) is 0 Å².